The quantitative estimate of drug-likeness (QED) is 0.616. The van der Waals surface area contributed by atoms with Gasteiger partial charge in [-0.15, -0.1) is 0 Å². The lowest BCUT2D eigenvalue weighted by Crippen LogP contribution is -2.39. The van der Waals surface area contributed by atoms with Crippen molar-refractivity contribution in [3.05, 3.63) is 0 Å². The fourth-order valence-corrected chi connectivity index (χ4v) is 0.616. The molecule has 0 heterocycles. The Bertz CT molecular complexity index is 114. The average Bonchev–Trinajstić information content (AvgIpc) is 1.87. The van der Waals surface area contributed by atoms with E-state index in [1.54, 1.807) is 6.92 Å². The zero-order valence-corrected chi connectivity index (χ0v) is 6.72. The van der Waals surface area contributed by atoms with Crippen LogP contribution in [0.2, 0.25) is 0 Å². The maximum atomic E-state index is 10.3. The van der Waals surface area contributed by atoms with Crippen LogP contribution in [0.3, 0.4) is 0 Å². The maximum Gasteiger partial charge on any atom is 0.320 e. The van der Waals surface area contributed by atoms with Crippen LogP contribution in [0.1, 0.15) is 27.2 Å². The van der Waals surface area contributed by atoms with Crippen LogP contribution in [0.25, 0.3) is 0 Å². The molecular formula is C7H15NO2. The van der Waals surface area contributed by atoms with Crippen LogP contribution in [0, 0.1) is 0 Å². The standard InChI is InChI=1S/C7H15NO2/c1-4-5(2)8-6(3)7(9)10/h5-6,8H,4H2,1-3H3,(H,9,10). The van der Waals surface area contributed by atoms with Gasteiger partial charge in [0.1, 0.15) is 6.04 Å². The van der Waals surface area contributed by atoms with E-state index in [0.717, 1.165) is 6.42 Å². The van der Waals surface area contributed by atoms with Crippen LogP contribution in [0.5, 0.6) is 0 Å². The number of nitrogens with one attached hydrogen (secondary N) is 1. The molecule has 0 aliphatic heterocycles. The Labute approximate surface area is 61.4 Å². The molecule has 0 aliphatic rings. The van der Waals surface area contributed by atoms with Crippen molar-refractivity contribution in [2.45, 2.75) is 39.3 Å². The van der Waals surface area contributed by atoms with Gasteiger partial charge in [0.25, 0.3) is 0 Å². The summed E-state index contributed by atoms with van der Waals surface area (Å²) in [7, 11) is 0. The van der Waals surface area contributed by atoms with Crippen molar-refractivity contribution in [2.24, 2.45) is 0 Å². The molecule has 0 aromatic rings. The van der Waals surface area contributed by atoms with E-state index in [2.05, 4.69) is 5.32 Å². The van der Waals surface area contributed by atoms with Gasteiger partial charge >= 0.3 is 5.97 Å². The molecule has 2 N–H and O–H groups in total. The van der Waals surface area contributed by atoms with E-state index in [9.17, 15) is 4.79 Å². The molecule has 0 saturated carbocycles. The molecule has 0 amide bonds. The number of aliphatic carboxylic acids is 1. The lowest BCUT2D eigenvalue weighted by atomic mass is 10.2. The molecule has 0 saturated heterocycles. The lowest BCUT2D eigenvalue weighted by molar-refractivity contribution is -0.139. The third-order valence-electron chi connectivity index (χ3n) is 1.52. The molecule has 0 rings (SSSR count). The Morgan fingerprint density at radius 3 is 2.40 bits per heavy atom. The van der Waals surface area contributed by atoms with Crippen molar-refractivity contribution in [2.75, 3.05) is 0 Å². The Balaban J connectivity index is 3.56. The van der Waals surface area contributed by atoms with Crippen LogP contribution in [-0.4, -0.2) is 23.2 Å². The van der Waals surface area contributed by atoms with Crippen LogP contribution in [-0.2, 0) is 4.79 Å². The molecule has 2 unspecified atom stereocenters. The molecule has 3 heteroatoms. The highest BCUT2D eigenvalue weighted by Gasteiger charge is 2.11. The highest BCUT2D eigenvalue weighted by atomic mass is 16.4. The molecule has 2 atom stereocenters. The minimum absolute atomic E-state index is 0.283. The first-order chi connectivity index (χ1) is 4.57. The molecule has 0 bridgehead atoms. The van der Waals surface area contributed by atoms with E-state index < -0.39 is 12.0 Å². The summed E-state index contributed by atoms with van der Waals surface area (Å²) in [5.41, 5.74) is 0. The van der Waals surface area contributed by atoms with Gasteiger partial charge in [0.05, 0.1) is 0 Å². The second kappa shape index (κ2) is 4.28. The van der Waals surface area contributed by atoms with Gasteiger partial charge in [-0.2, -0.15) is 0 Å². The first kappa shape index (κ1) is 9.43. The smallest absolute Gasteiger partial charge is 0.320 e. The predicted octanol–water partition coefficient (Wildman–Crippen LogP) is 0.848. The number of carboxylic acid groups (broad SMARTS) is 1. The molecule has 10 heavy (non-hydrogen) atoms. The number of carbonyl (C=O) groups is 1. The third kappa shape index (κ3) is 3.45. The highest BCUT2D eigenvalue weighted by Crippen LogP contribution is 1.91. The minimum Gasteiger partial charge on any atom is -0.480 e. The van der Waals surface area contributed by atoms with Gasteiger partial charge in [-0.05, 0) is 20.3 Å². The van der Waals surface area contributed by atoms with Gasteiger partial charge in [-0.1, -0.05) is 6.92 Å². The van der Waals surface area contributed by atoms with Crippen molar-refractivity contribution in [1.82, 2.24) is 5.32 Å². The van der Waals surface area contributed by atoms with E-state index in [1.807, 2.05) is 13.8 Å². The summed E-state index contributed by atoms with van der Waals surface area (Å²) in [5.74, 6) is -0.791. The van der Waals surface area contributed by atoms with Gasteiger partial charge in [0, 0.05) is 6.04 Å². The van der Waals surface area contributed by atoms with Crippen LogP contribution in [0.15, 0.2) is 0 Å². The number of hydrogen-bond donors (Lipinski definition) is 2. The lowest BCUT2D eigenvalue weighted by Gasteiger charge is -2.14. The van der Waals surface area contributed by atoms with Gasteiger partial charge in [0.15, 0.2) is 0 Å². The summed E-state index contributed by atoms with van der Waals surface area (Å²) in [4.78, 5) is 10.3. The molecular weight excluding hydrogens is 130 g/mol. The van der Waals surface area contributed by atoms with Crippen molar-refractivity contribution in [1.29, 1.82) is 0 Å². The second-order valence-corrected chi connectivity index (χ2v) is 2.54. The molecule has 60 valence electrons. The van der Waals surface area contributed by atoms with E-state index in [-0.39, 0.29) is 6.04 Å². The molecule has 3 nitrogen and oxygen atoms in total. The largest absolute Gasteiger partial charge is 0.480 e. The summed E-state index contributed by atoms with van der Waals surface area (Å²) in [6.45, 7) is 5.64. The third-order valence-corrected chi connectivity index (χ3v) is 1.52. The van der Waals surface area contributed by atoms with E-state index in [0.29, 0.717) is 0 Å². The van der Waals surface area contributed by atoms with Crippen LogP contribution < -0.4 is 5.32 Å². The van der Waals surface area contributed by atoms with Crippen molar-refractivity contribution in [3.8, 4) is 0 Å². The summed E-state index contributed by atoms with van der Waals surface area (Å²) < 4.78 is 0. The van der Waals surface area contributed by atoms with Gasteiger partial charge in [0.2, 0.25) is 0 Å². The van der Waals surface area contributed by atoms with Gasteiger partial charge in [-0.25, -0.2) is 0 Å². The zero-order valence-electron chi connectivity index (χ0n) is 6.72. The fraction of sp³-hybridized carbons (Fsp3) is 0.857. The summed E-state index contributed by atoms with van der Waals surface area (Å²) in [6, 6.07) is -0.152. The van der Waals surface area contributed by atoms with Crippen molar-refractivity contribution >= 4 is 5.97 Å². The average molecular weight is 145 g/mol. The Kier molecular flexibility index (Phi) is 4.03. The molecule has 0 aromatic carbocycles. The summed E-state index contributed by atoms with van der Waals surface area (Å²) in [6.07, 6.45) is 0.956. The highest BCUT2D eigenvalue weighted by molar-refractivity contribution is 5.72. The maximum absolute atomic E-state index is 10.3. The number of carboxylic acids is 1. The molecule has 0 fully saturated rings. The number of rotatable bonds is 4. The molecule has 0 spiro atoms. The van der Waals surface area contributed by atoms with E-state index >= 15 is 0 Å². The van der Waals surface area contributed by atoms with E-state index in [4.69, 9.17) is 5.11 Å². The monoisotopic (exact) mass is 145 g/mol. The Morgan fingerprint density at radius 2 is 2.10 bits per heavy atom. The first-order valence-electron chi connectivity index (χ1n) is 3.56. The summed E-state index contributed by atoms with van der Waals surface area (Å²) in [5, 5.41) is 11.4. The van der Waals surface area contributed by atoms with Gasteiger partial charge in [-0.3, -0.25) is 4.79 Å². The van der Waals surface area contributed by atoms with Crippen LogP contribution in [0.4, 0.5) is 0 Å². The Hall–Kier alpha value is -0.570. The number of hydrogen-bond acceptors (Lipinski definition) is 2. The topological polar surface area (TPSA) is 49.3 Å². The zero-order chi connectivity index (χ0) is 8.15. The molecule has 0 aromatic heterocycles. The minimum atomic E-state index is -0.791. The second-order valence-electron chi connectivity index (χ2n) is 2.54. The molecule has 0 aliphatic carbocycles. The van der Waals surface area contributed by atoms with Gasteiger partial charge < -0.3 is 10.4 Å². The normalized spacial score (nSPS) is 16.3. The van der Waals surface area contributed by atoms with Crippen molar-refractivity contribution < 1.29 is 9.90 Å². The summed E-state index contributed by atoms with van der Waals surface area (Å²) >= 11 is 0. The SMILES string of the molecule is CCC(C)NC(C)C(=O)O. The van der Waals surface area contributed by atoms with Crippen LogP contribution >= 0.6 is 0 Å². The molecule has 0 radical (unpaired) electrons. The van der Waals surface area contributed by atoms with E-state index in [1.165, 1.54) is 0 Å². The first-order valence-corrected chi connectivity index (χ1v) is 3.56. The van der Waals surface area contributed by atoms with Crippen molar-refractivity contribution in [3.63, 3.8) is 0 Å². The Morgan fingerprint density at radius 1 is 1.60 bits per heavy atom. The fourth-order valence-electron chi connectivity index (χ4n) is 0.616. The predicted molar refractivity (Wildman–Crippen MR) is 40.0 cm³/mol.